The molecule has 1 amide bonds. The fourth-order valence-corrected chi connectivity index (χ4v) is 5.76. The van der Waals surface area contributed by atoms with Crippen LogP contribution in [-0.2, 0) is 14.9 Å². The average Bonchev–Trinajstić information content (AvgIpc) is 3.49. The highest BCUT2D eigenvalue weighted by Gasteiger charge is 2.61. The lowest BCUT2D eigenvalue weighted by Crippen LogP contribution is -2.62. The minimum absolute atomic E-state index is 0.00215. The molecular formula is C23H33N3O3. The first-order valence-electron chi connectivity index (χ1n) is 11.1. The molecular weight excluding hydrogens is 366 g/mol. The highest BCUT2D eigenvalue weighted by atomic mass is 16.5. The smallest absolute Gasteiger partial charge is 0.224 e. The van der Waals surface area contributed by atoms with Crippen LogP contribution in [0, 0.1) is 5.92 Å². The van der Waals surface area contributed by atoms with Crippen LogP contribution < -0.4 is 10.1 Å². The van der Waals surface area contributed by atoms with Crippen LogP contribution in [0.4, 0.5) is 0 Å². The fraction of sp³-hybridized carbons (Fsp3) is 0.696. The lowest BCUT2D eigenvalue weighted by atomic mass is 9.84. The molecule has 6 heteroatoms. The van der Waals surface area contributed by atoms with Crippen molar-refractivity contribution >= 4 is 5.91 Å². The molecule has 1 aliphatic carbocycles. The second-order valence-electron chi connectivity index (χ2n) is 9.35. The molecule has 1 aromatic rings. The van der Waals surface area contributed by atoms with Crippen molar-refractivity contribution in [3.63, 3.8) is 0 Å². The SMILES string of the molecule is CN1CCC(CNC(=O)C2CC23CCOc2ccccc23)(N2CCOCC2)CC1. The quantitative estimate of drug-likeness (QED) is 0.834. The number of para-hydroxylation sites is 1. The number of nitrogens with zero attached hydrogens (tertiary/aromatic N) is 2. The number of ether oxygens (including phenoxy) is 2. The van der Waals surface area contributed by atoms with Gasteiger partial charge in [0.25, 0.3) is 0 Å². The van der Waals surface area contributed by atoms with Gasteiger partial charge in [0.05, 0.1) is 19.8 Å². The number of piperidine rings is 1. The van der Waals surface area contributed by atoms with Gasteiger partial charge in [-0.05, 0) is 51.9 Å². The number of carbonyl (C=O) groups is 1. The molecule has 2 saturated heterocycles. The number of morpholine rings is 1. The molecule has 0 bridgehead atoms. The number of benzene rings is 1. The van der Waals surface area contributed by atoms with Gasteiger partial charge in [-0.3, -0.25) is 9.69 Å². The van der Waals surface area contributed by atoms with E-state index in [0.717, 1.165) is 77.4 Å². The first-order valence-corrected chi connectivity index (χ1v) is 11.1. The zero-order valence-corrected chi connectivity index (χ0v) is 17.5. The highest BCUT2D eigenvalue weighted by molar-refractivity contribution is 5.85. The van der Waals surface area contributed by atoms with E-state index in [1.807, 2.05) is 12.1 Å². The largest absolute Gasteiger partial charge is 0.493 e. The fourth-order valence-electron chi connectivity index (χ4n) is 5.76. The summed E-state index contributed by atoms with van der Waals surface area (Å²) in [7, 11) is 2.19. The molecule has 0 aromatic heterocycles. The molecule has 3 aliphatic heterocycles. The van der Waals surface area contributed by atoms with Gasteiger partial charge in [-0.25, -0.2) is 0 Å². The molecule has 29 heavy (non-hydrogen) atoms. The lowest BCUT2D eigenvalue weighted by molar-refractivity contribution is -0.124. The third kappa shape index (κ3) is 3.45. The molecule has 4 aliphatic rings. The molecule has 1 N–H and O–H groups in total. The number of rotatable bonds is 4. The minimum Gasteiger partial charge on any atom is -0.493 e. The van der Waals surface area contributed by atoms with Crippen molar-refractivity contribution in [2.75, 3.05) is 59.6 Å². The van der Waals surface area contributed by atoms with Crippen LogP contribution in [0.2, 0.25) is 0 Å². The normalized spacial score (nSPS) is 31.7. The van der Waals surface area contributed by atoms with Crippen molar-refractivity contribution in [1.82, 2.24) is 15.1 Å². The van der Waals surface area contributed by atoms with Crippen LogP contribution in [-0.4, -0.2) is 80.8 Å². The van der Waals surface area contributed by atoms with Gasteiger partial charge < -0.3 is 19.7 Å². The first-order chi connectivity index (χ1) is 14.1. The second-order valence-corrected chi connectivity index (χ2v) is 9.35. The molecule has 158 valence electrons. The van der Waals surface area contributed by atoms with Crippen LogP contribution in [0.5, 0.6) is 5.75 Å². The molecule has 5 rings (SSSR count). The topological polar surface area (TPSA) is 54.0 Å². The van der Waals surface area contributed by atoms with E-state index >= 15 is 0 Å². The third-order valence-corrected chi connectivity index (χ3v) is 7.81. The van der Waals surface area contributed by atoms with E-state index in [2.05, 4.69) is 34.3 Å². The number of nitrogens with one attached hydrogen (secondary N) is 1. The zero-order valence-electron chi connectivity index (χ0n) is 17.5. The predicted molar refractivity (Wildman–Crippen MR) is 111 cm³/mol. The van der Waals surface area contributed by atoms with E-state index in [1.54, 1.807) is 0 Å². The Kier molecular flexibility index (Phi) is 5.04. The van der Waals surface area contributed by atoms with Crippen LogP contribution in [0.25, 0.3) is 0 Å². The van der Waals surface area contributed by atoms with Crippen LogP contribution >= 0.6 is 0 Å². The number of fused-ring (bicyclic) bond motifs is 2. The zero-order chi connectivity index (χ0) is 19.9. The van der Waals surface area contributed by atoms with Crippen LogP contribution in [0.3, 0.4) is 0 Å². The van der Waals surface area contributed by atoms with Crippen LogP contribution in [0.1, 0.15) is 31.2 Å². The summed E-state index contributed by atoms with van der Waals surface area (Å²) in [6.07, 6.45) is 4.11. The number of carbonyl (C=O) groups excluding carboxylic acids is 1. The average molecular weight is 400 g/mol. The molecule has 1 aromatic carbocycles. The maximum Gasteiger partial charge on any atom is 0.224 e. The van der Waals surface area contributed by atoms with E-state index < -0.39 is 0 Å². The van der Waals surface area contributed by atoms with Gasteiger partial charge in [0.15, 0.2) is 0 Å². The van der Waals surface area contributed by atoms with E-state index in [9.17, 15) is 4.79 Å². The Hall–Kier alpha value is -1.63. The van der Waals surface area contributed by atoms with Gasteiger partial charge in [0.1, 0.15) is 5.75 Å². The molecule has 2 unspecified atom stereocenters. The Balaban J connectivity index is 1.27. The Morgan fingerprint density at radius 2 is 1.86 bits per heavy atom. The van der Waals surface area contributed by atoms with E-state index in [1.165, 1.54) is 5.56 Å². The standard InChI is InChI=1S/C23H33N3O3/c1-25-9-6-22(7-10-25,26-11-14-28-15-12-26)17-24-21(27)19-16-23(19)8-13-29-20-5-3-2-4-18(20)23/h2-5,19H,6-17H2,1H3,(H,24,27). The number of likely N-dealkylation sites (tertiary alicyclic amines) is 1. The van der Waals surface area contributed by atoms with Crippen molar-refractivity contribution in [3.05, 3.63) is 29.8 Å². The van der Waals surface area contributed by atoms with E-state index in [4.69, 9.17) is 9.47 Å². The summed E-state index contributed by atoms with van der Waals surface area (Å²) in [4.78, 5) is 18.2. The summed E-state index contributed by atoms with van der Waals surface area (Å²) < 4.78 is 11.4. The predicted octanol–water partition coefficient (Wildman–Crippen LogP) is 1.64. The second kappa shape index (κ2) is 7.56. The van der Waals surface area contributed by atoms with Gasteiger partial charge in [0.2, 0.25) is 5.91 Å². The summed E-state index contributed by atoms with van der Waals surface area (Å²) in [6, 6.07) is 8.26. The van der Waals surface area contributed by atoms with Crippen molar-refractivity contribution in [2.45, 2.75) is 36.6 Å². The summed E-state index contributed by atoms with van der Waals surface area (Å²) in [5, 5.41) is 3.39. The summed E-state index contributed by atoms with van der Waals surface area (Å²) in [6.45, 7) is 7.18. The molecule has 1 spiro atoms. The van der Waals surface area contributed by atoms with E-state index in [-0.39, 0.29) is 22.8 Å². The number of amides is 1. The Labute approximate surface area is 173 Å². The van der Waals surface area contributed by atoms with E-state index in [0.29, 0.717) is 6.61 Å². The third-order valence-electron chi connectivity index (χ3n) is 7.81. The monoisotopic (exact) mass is 399 g/mol. The molecule has 1 saturated carbocycles. The maximum atomic E-state index is 13.2. The van der Waals surface area contributed by atoms with Crippen molar-refractivity contribution in [3.8, 4) is 5.75 Å². The maximum absolute atomic E-state index is 13.2. The van der Waals surface area contributed by atoms with Crippen molar-refractivity contribution in [1.29, 1.82) is 0 Å². The van der Waals surface area contributed by atoms with Crippen LogP contribution in [0.15, 0.2) is 24.3 Å². The summed E-state index contributed by atoms with van der Waals surface area (Å²) in [5.41, 5.74) is 1.30. The van der Waals surface area contributed by atoms with Gasteiger partial charge >= 0.3 is 0 Å². The summed E-state index contributed by atoms with van der Waals surface area (Å²) >= 11 is 0. The Morgan fingerprint density at radius 1 is 1.10 bits per heavy atom. The molecule has 3 fully saturated rings. The Morgan fingerprint density at radius 3 is 2.66 bits per heavy atom. The van der Waals surface area contributed by atoms with Crippen molar-refractivity contribution in [2.24, 2.45) is 5.92 Å². The van der Waals surface area contributed by atoms with Gasteiger partial charge in [-0.1, -0.05) is 18.2 Å². The molecule has 0 radical (unpaired) electrons. The minimum atomic E-state index is -0.00215. The Bertz CT molecular complexity index is 755. The number of hydrogen-bond donors (Lipinski definition) is 1. The number of hydrogen-bond acceptors (Lipinski definition) is 5. The lowest BCUT2D eigenvalue weighted by Gasteiger charge is -2.49. The highest BCUT2D eigenvalue weighted by Crippen LogP contribution is 2.60. The van der Waals surface area contributed by atoms with Gasteiger partial charge in [0, 0.05) is 42.1 Å². The van der Waals surface area contributed by atoms with Crippen molar-refractivity contribution < 1.29 is 14.3 Å². The molecule has 3 heterocycles. The summed E-state index contributed by atoms with van der Waals surface area (Å²) in [5.74, 6) is 1.28. The van der Waals surface area contributed by atoms with Gasteiger partial charge in [-0.2, -0.15) is 0 Å². The molecule has 2 atom stereocenters. The molecule has 6 nitrogen and oxygen atoms in total. The van der Waals surface area contributed by atoms with Gasteiger partial charge in [-0.15, -0.1) is 0 Å². The first kappa shape index (κ1) is 19.3.